The molecule has 0 N–H and O–H groups in total. The molecule has 1 aliphatic carbocycles. The second kappa shape index (κ2) is 5.11. The molecule has 0 spiro atoms. The molecule has 0 aromatic heterocycles. The highest BCUT2D eigenvalue weighted by Gasteiger charge is 2.26. The van der Waals surface area contributed by atoms with Crippen LogP contribution in [0.15, 0.2) is 0 Å². The largest absolute Gasteiger partial charge is 0.303 e. The molecule has 1 aliphatic heterocycles. The molecule has 0 aromatic carbocycles. The maximum absolute atomic E-state index is 11.6. The third-order valence-corrected chi connectivity index (χ3v) is 4.02. The van der Waals surface area contributed by atoms with Crippen molar-refractivity contribution in [1.82, 2.24) is 4.90 Å². The highest BCUT2D eigenvalue weighted by atomic mass is 16.1. The van der Waals surface area contributed by atoms with Crippen LogP contribution in [0.25, 0.3) is 0 Å². The van der Waals surface area contributed by atoms with Gasteiger partial charge in [0.25, 0.3) is 0 Å². The van der Waals surface area contributed by atoms with Gasteiger partial charge in [-0.05, 0) is 51.1 Å². The average molecular weight is 209 g/mol. The molecule has 0 bridgehead atoms. The molecule has 0 aromatic rings. The quantitative estimate of drug-likeness (QED) is 0.696. The van der Waals surface area contributed by atoms with E-state index in [-0.39, 0.29) is 0 Å². The van der Waals surface area contributed by atoms with Crippen molar-refractivity contribution in [1.29, 1.82) is 0 Å². The second-order valence-corrected chi connectivity index (χ2v) is 5.39. The van der Waals surface area contributed by atoms with E-state index < -0.39 is 0 Å². The van der Waals surface area contributed by atoms with Crippen LogP contribution in [0.1, 0.15) is 45.4 Å². The molecule has 0 radical (unpaired) electrons. The first-order chi connectivity index (χ1) is 7.25. The average Bonchev–Trinajstić information content (AvgIpc) is 2.48. The minimum atomic E-state index is 0.374. The summed E-state index contributed by atoms with van der Waals surface area (Å²) in [5, 5.41) is 0. The topological polar surface area (TPSA) is 20.3 Å². The van der Waals surface area contributed by atoms with Crippen LogP contribution in [0.2, 0.25) is 0 Å². The van der Waals surface area contributed by atoms with E-state index in [0.29, 0.717) is 11.7 Å². The summed E-state index contributed by atoms with van der Waals surface area (Å²) in [7, 11) is 0. The number of likely N-dealkylation sites (tertiary alicyclic amines) is 1. The number of carbonyl (C=O) groups excluding carboxylic acids is 1. The minimum Gasteiger partial charge on any atom is -0.303 e. The lowest BCUT2D eigenvalue weighted by Crippen LogP contribution is -2.32. The molecule has 15 heavy (non-hydrogen) atoms. The first kappa shape index (κ1) is 11.1. The molecular weight excluding hydrogens is 186 g/mol. The van der Waals surface area contributed by atoms with Gasteiger partial charge in [0, 0.05) is 18.9 Å². The van der Waals surface area contributed by atoms with Crippen LogP contribution in [0, 0.1) is 11.8 Å². The summed E-state index contributed by atoms with van der Waals surface area (Å²) in [4.78, 5) is 14.1. The highest BCUT2D eigenvalue weighted by molar-refractivity contribution is 5.83. The smallest absolute Gasteiger partial charge is 0.137 e. The zero-order valence-corrected chi connectivity index (χ0v) is 9.87. The van der Waals surface area contributed by atoms with Crippen molar-refractivity contribution in [3.05, 3.63) is 0 Å². The van der Waals surface area contributed by atoms with Gasteiger partial charge in [0.05, 0.1) is 0 Å². The van der Waals surface area contributed by atoms with E-state index in [1.165, 1.54) is 32.4 Å². The zero-order valence-electron chi connectivity index (χ0n) is 9.87. The number of hydrogen-bond donors (Lipinski definition) is 0. The molecule has 2 fully saturated rings. The van der Waals surface area contributed by atoms with Crippen molar-refractivity contribution in [3.63, 3.8) is 0 Å². The summed E-state index contributed by atoms with van der Waals surface area (Å²) in [6.07, 6.45) is 7.13. The number of rotatable bonds is 2. The number of Topliss-reactive ketones (excluding diaryl/α,β-unsaturated/α-hetero) is 1. The molecule has 2 nitrogen and oxygen atoms in total. The van der Waals surface area contributed by atoms with Crippen LogP contribution in [0.5, 0.6) is 0 Å². The van der Waals surface area contributed by atoms with Crippen LogP contribution in [0.3, 0.4) is 0 Å². The molecule has 1 saturated heterocycles. The summed E-state index contributed by atoms with van der Waals surface area (Å²) in [5.41, 5.74) is 0. The monoisotopic (exact) mass is 209 g/mol. The first-order valence-electron chi connectivity index (χ1n) is 6.51. The molecule has 0 amide bonds. The molecule has 86 valence electrons. The third kappa shape index (κ3) is 3.04. The van der Waals surface area contributed by atoms with Gasteiger partial charge >= 0.3 is 0 Å². The minimum absolute atomic E-state index is 0.374. The zero-order chi connectivity index (χ0) is 10.7. The molecule has 2 aliphatic rings. The predicted molar refractivity (Wildman–Crippen MR) is 61.8 cm³/mol. The number of nitrogens with zero attached hydrogens (tertiary/aromatic N) is 1. The number of carbonyl (C=O) groups is 1. The summed E-state index contributed by atoms with van der Waals surface area (Å²) in [6, 6.07) is 0. The van der Waals surface area contributed by atoms with Crippen LogP contribution >= 0.6 is 0 Å². The van der Waals surface area contributed by atoms with Gasteiger partial charge in [0.1, 0.15) is 5.78 Å². The lowest BCUT2D eigenvalue weighted by molar-refractivity contribution is -0.121. The molecule has 1 saturated carbocycles. The summed E-state index contributed by atoms with van der Waals surface area (Å²) < 4.78 is 0. The van der Waals surface area contributed by atoms with Gasteiger partial charge in [-0.1, -0.05) is 6.92 Å². The Labute approximate surface area is 93.0 Å². The molecule has 1 heterocycles. The van der Waals surface area contributed by atoms with Crippen molar-refractivity contribution in [3.8, 4) is 0 Å². The lowest BCUT2D eigenvalue weighted by atomic mass is 10.0. The van der Waals surface area contributed by atoms with Crippen LogP contribution < -0.4 is 0 Å². The van der Waals surface area contributed by atoms with E-state index >= 15 is 0 Å². The second-order valence-electron chi connectivity index (χ2n) is 5.39. The SMILES string of the molecule is CC1CCCN(CC2CCCC2=O)CC1. The van der Waals surface area contributed by atoms with Crippen LogP contribution in [0.4, 0.5) is 0 Å². The summed E-state index contributed by atoms with van der Waals surface area (Å²) in [6.45, 7) is 5.83. The van der Waals surface area contributed by atoms with Crippen molar-refractivity contribution < 1.29 is 4.79 Å². The molecule has 2 atom stereocenters. The standard InChI is InChI=1S/C13H23NO/c1-11-4-3-8-14(9-7-11)10-12-5-2-6-13(12)15/h11-12H,2-10H2,1H3. The fourth-order valence-electron chi connectivity index (χ4n) is 2.90. The van der Waals surface area contributed by atoms with Crippen LogP contribution in [-0.2, 0) is 4.79 Å². The Morgan fingerprint density at radius 2 is 2.07 bits per heavy atom. The van der Waals surface area contributed by atoms with Crippen molar-refractivity contribution in [2.45, 2.75) is 45.4 Å². The van der Waals surface area contributed by atoms with E-state index in [4.69, 9.17) is 0 Å². The lowest BCUT2D eigenvalue weighted by Gasteiger charge is -2.22. The van der Waals surface area contributed by atoms with E-state index in [0.717, 1.165) is 31.7 Å². The Bertz CT molecular complexity index is 227. The Morgan fingerprint density at radius 1 is 1.20 bits per heavy atom. The third-order valence-electron chi connectivity index (χ3n) is 4.02. The molecular formula is C13H23NO. The fraction of sp³-hybridized carbons (Fsp3) is 0.923. The Morgan fingerprint density at radius 3 is 2.80 bits per heavy atom. The Hall–Kier alpha value is -0.370. The van der Waals surface area contributed by atoms with Crippen LogP contribution in [-0.4, -0.2) is 30.3 Å². The van der Waals surface area contributed by atoms with Gasteiger partial charge < -0.3 is 4.90 Å². The van der Waals surface area contributed by atoms with Gasteiger partial charge in [-0.25, -0.2) is 0 Å². The van der Waals surface area contributed by atoms with Gasteiger partial charge in [0.15, 0.2) is 0 Å². The maximum Gasteiger partial charge on any atom is 0.137 e. The fourth-order valence-corrected chi connectivity index (χ4v) is 2.90. The van der Waals surface area contributed by atoms with Crippen molar-refractivity contribution in [2.24, 2.45) is 11.8 Å². The van der Waals surface area contributed by atoms with Gasteiger partial charge in [0.2, 0.25) is 0 Å². The summed E-state index contributed by atoms with van der Waals surface area (Å²) >= 11 is 0. The molecule has 2 rings (SSSR count). The summed E-state index contributed by atoms with van der Waals surface area (Å²) in [5.74, 6) is 1.78. The highest BCUT2D eigenvalue weighted by Crippen LogP contribution is 2.24. The number of hydrogen-bond acceptors (Lipinski definition) is 2. The van der Waals surface area contributed by atoms with E-state index in [1.807, 2.05) is 0 Å². The van der Waals surface area contributed by atoms with Crippen molar-refractivity contribution >= 4 is 5.78 Å². The molecule has 2 unspecified atom stereocenters. The maximum atomic E-state index is 11.6. The predicted octanol–water partition coefficient (Wildman–Crippen LogP) is 2.48. The van der Waals surface area contributed by atoms with Crippen molar-refractivity contribution in [2.75, 3.05) is 19.6 Å². The van der Waals surface area contributed by atoms with E-state index in [9.17, 15) is 4.79 Å². The van der Waals surface area contributed by atoms with Gasteiger partial charge in [-0.2, -0.15) is 0 Å². The first-order valence-corrected chi connectivity index (χ1v) is 6.51. The number of ketones is 1. The molecule has 2 heteroatoms. The van der Waals surface area contributed by atoms with E-state index in [2.05, 4.69) is 11.8 Å². The normalized spacial score (nSPS) is 34.3. The Kier molecular flexibility index (Phi) is 3.79. The van der Waals surface area contributed by atoms with Gasteiger partial charge in [-0.3, -0.25) is 4.79 Å². The Balaban J connectivity index is 1.80. The van der Waals surface area contributed by atoms with Gasteiger partial charge in [-0.15, -0.1) is 0 Å². The van der Waals surface area contributed by atoms with E-state index in [1.54, 1.807) is 0 Å².